The number of benzene rings is 1. The van der Waals surface area contributed by atoms with Crippen molar-refractivity contribution in [2.75, 3.05) is 0 Å². The fourth-order valence-corrected chi connectivity index (χ4v) is 2.76. The van der Waals surface area contributed by atoms with Crippen LogP contribution >= 0.6 is 0 Å². The number of fused-ring (bicyclic) bond motifs is 1. The normalized spacial score (nSPS) is 12.0. The van der Waals surface area contributed by atoms with Crippen LogP contribution in [-0.2, 0) is 13.1 Å². The number of hydrogen-bond donors (Lipinski definition) is 0. The molecule has 0 unspecified atom stereocenters. The Kier molecular flexibility index (Phi) is 3.90. The molecule has 3 rings (SSSR count). The molecule has 0 N–H and O–H groups in total. The van der Waals surface area contributed by atoms with Gasteiger partial charge in [-0.05, 0) is 32.0 Å². The third-order valence-electron chi connectivity index (χ3n) is 3.93. The maximum Gasteiger partial charge on any atom is 0.406 e. The summed E-state index contributed by atoms with van der Waals surface area (Å²) in [7, 11) is 0. The summed E-state index contributed by atoms with van der Waals surface area (Å²) in [6.45, 7) is 1.90. The van der Waals surface area contributed by atoms with E-state index in [0.717, 1.165) is 4.57 Å². The number of ketones is 1. The lowest BCUT2D eigenvalue weighted by atomic mass is 10.1. The minimum absolute atomic E-state index is 0.0726. The van der Waals surface area contributed by atoms with Crippen molar-refractivity contribution in [3.05, 3.63) is 47.3 Å². The van der Waals surface area contributed by atoms with Crippen LogP contribution in [0, 0.1) is 13.8 Å². The number of para-hydroxylation sites is 1. The minimum atomic E-state index is -4.34. The highest BCUT2D eigenvalue weighted by atomic mass is 19.4. The smallest absolute Gasteiger partial charge is 0.339 e. The van der Waals surface area contributed by atoms with E-state index in [2.05, 4.69) is 10.3 Å². The van der Waals surface area contributed by atoms with Gasteiger partial charge in [0.2, 0.25) is 0 Å². The Hall–Kier alpha value is -2.64. The molecule has 8 heteroatoms. The highest BCUT2D eigenvalue weighted by molar-refractivity contribution is 5.97. The van der Waals surface area contributed by atoms with E-state index in [4.69, 9.17) is 0 Å². The Morgan fingerprint density at radius 1 is 1.21 bits per heavy atom. The van der Waals surface area contributed by atoms with Crippen molar-refractivity contribution in [3.8, 4) is 0 Å². The van der Waals surface area contributed by atoms with Crippen molar-refractivity contribution in [2.45, 2.75) is 33.1 Å². The topological polar surface area (TPSA) is 52.7 Å². The van der Waals surface area contributed by atoms with E-state index >= 15 is 0 Å². The summed E-state index contributed by atoms with van der Waals surface area (Å²) in [5, 5.41) is 7.90. The highest BCUT2D eigenvalue weighted by Gasteiger charge is 2.30. The van der Waals surface area contributed by atoms with E-state index in [1.54, 1.807) is 19.1 Å². The average molecular weight is 336 g/mol. The molecule has 0 radical (unpaired) electrons. The number of aryl methyl sites for hydroxylation is 1. The van der Waals surface area contributed by atoms with Crippen LogP contribution in [0.2, 0.25) is 0 Å². The van der Waals surface area contributed by atoms with Crippen LogP contribution in [-0.4, -0.2) is 31.5 Å². The van der Waals surface area contributed by atoms with Gasteiger partial charge in [0.15, 0.2) is 5.78 Å². The minimum Gasteiger partial charge on any atom is -0.339 e. The molecule has 0 aliphatic heterocycles. The number of carbonyl (C=O) groups excluding carboxylic acids is 1. The van der Waals surface area contributed by atoms with Crippen molar-refractivity contribution >= 4 is 16.8 Å². The molecule has 0 amide bonds. The number of nitrogens with zero attached hydrogens (tertiary/aromatic N) is 4. The van der Waals surface area contributed by atoms with Crippen LogP contribution in [0.25, 0.3) is 11.0 Å². The molecule has 126 valence electrons. The lowest BCUT2D eigenvalue weighted by molar-refractivity contribution is -0.141. The molecule has 0 fully saturated rings. The quantitative estimate of drug-likeness (QED) is 0.687. The fourth-order valence-electron chi connectivity index (χ4n) is 2.76. The van der Waals surface area contributed by atoms with Crippen LogP contribution in [0.1, 0.15) is 21.7 Å². The van der Waals surface area contributed by atoms with E-state index in [1.165, 1.54) is 17.7 Å². The van der Waals surface area contributed by atoms with Gasteiger partial charge in [-0.15, -0.1) is 5.10 Å². The molecule has 0 saturated heterocycles. The van der Waals surface area contributed by atoms with Crippen LogP contribution < -0.4 is 0 Å². The number of aromatic nitrogens is 4. The molecule has 0 aliphatic rings. The van der Waals surface area contributed by atoms with Crippen molar-refractivity contribution < 1.29 is 18.0 Å². The Morgan fingerprint density at radius 3 is 2.62 bits per heavy atom. The van der Waals surface area contributed by atoms with E-state index in [0.29, 0.717) is 22.4 Å². The first-order valence-corrected chi connectivity index (χ1v) is 7.31. The van der Waals surface area contributed by atoms with Crippen LogP contribution in [0.3, 0.4) is 0 Å². The molecule has 0 aliphatic carbocycles. The maximum absolute atomic E-state index is 12.7. The lowest BCUT2D eigenvalue weighted by Crippen LogP contribution is -2.20. The van der Waals surface area contributed by atoms with E-state index < -0.39 is 12.7 Å². The summed E-state index contributed by atoms with van der Waals surface area (Å²) in [6, 6.07) is 8.67. The Balaban J connectivity index is 1.89. The molecule has 0 saturated carbocycles. The zero-order valence-corrected chi connectivity index (χ0v) is 13.1. The summed E-state index contributed by atoms with van der Waals surface area (Å²) in [4.78, 5) is 12.5. The average Bonchev–Trinajstić information content (AvgIpc) is 3.02. The number of hydrogen-bond acceptors (Lipinski definition) is 3. The van der Waals surface area contributed by atoms with E-state index in [-0.39, 0.29) is 17.9 Å². The van der Waals surface area contributed by atoms with Crippen LogP contribution in [0.5, 0.6) is 0 Å². The Morgan fingerprint density at radius 2 is 1.92 bits per heavy atom. The molecule has 0 atom stereocenters. The van der Waals surface area contributed by atoms with Gasteiger partial charge < -0.3 is 4.57 Å². The number of rotatable bonds is 4. The van der Waals surface area contributed by atoms with E-state index in [1.807, 2.05) is 12.1 Å². The van der Waals surface area contributed by atoms with Gasteiger partial charge in [0.1, 0.15) is 18.6 Å². The van der Waals surface area contributed by atoms with Crippen molar-refractivity contribution in [2.24, 2.45) is 0 Å². The first-order chi connectivity index (χ1) is 11.3. The standard InChI is InChI=1S/C16H15F3N4O/c1-10-7-12(11(2)22(10)9-16(17,18)19)15(24)8-23-14-6-4-3-5-13(14)20-21-23/h3-7H,8-9H2,1-2H3. The first kappa shape index (κ1) is 16.2. The van der Waals surface area contributed by atoms with Crippen LogP contribution in [0.15, 0.2) is 30.3 Å². The third-order valence-corrected chi connectivity index (χ3v) is 3.93. The van der Waals surface area contributed by atoms with Crippen molar-refractivity contribution in [1.82, 2.24) is 19.6 Å². The second kappa shape index (κ2) is 5.77. The lowest BCUT2D eigenvalue weighted by Gasteiger charge is -2.12. The Bertz CT molecular complexity index is 908. The predicted octanol–water partition coefficient (Wildman–Crippen LogP) is 3.29. The first-order valence-electron chi connectivity index (χ1n) is 7.31. The molecule has 1 aromatic carbocycles. The monoisotopic (exact) mass is 336 g/mol. The molecule has 24 heavy (non-hydrogen) atoms. The zero-order valence-electron chi connectivity index (χ0n) is 13.1. The fraction of sp³-hybridized carbons (Fsp3) is 0.312. The molecule has 0 spiro atoms. The maximum atomic E-state index is 12.7. The third kappa shape index (κ3) is 3.04. The molecule has 2 aromatic heterocycles. The summed E-state index contributed by atoms with van der Waals surface area (Å²) in [5.74, 6) is -0.299. The summed E-state index contributed by atoms with van der Waals surface area (Å²) < 4.78 is 40.5. The number of carbonyl (C=O) groups is 1. The van der Waals surface area contributed by atoms with Gasteiger partial charge in [0.25, 0.3) is 0 Å². The second-order valence-corrected chi connectivity index (χ2v) is 5.65. The van der Waals surface area contributed by atoms with Gasteiger partial charge in [0, 0.05) is 17.0 Å². The molecule has 0 bridgehead atoms. The molecular weight excluding hydrogens is 321 g/mol. The largest absolute Gasteiger partial charge is 0.406 e. The van der Waals surface area contributed by atoms with E-state index in [9.17, 15) is 18.0 Å². The number of Topliss-reactive ketones (excluding diaryl/α,β-unsaturated/α-hetero) is 1. The summed E-state index contributed by atoms with van der Waals surface area (Å²) in [5.41, 5.74) is 2.34. The van der Waals surface area contributed by atoms with Gasteiger partial charge in [-0.25, -0.2) is 4.68 Å². The van der Waals surface area contributed by atoms with Gasteiger partial charge in [-0.3, -0.25) is 4.79 Å². The summed E-state index contributed by atoms with van der Waals surface area (Å²) >= 11 is 0. The molecular formula is C16H15F3N4O. The van der Waals surface area contributed by atoms with Crippen molar-refractivity contribution in [1.29, 1.82) is 0 Å². The molecule has 2 heterocycles. The van der Waals surface area contributed by atoms with Gasteiger partial charge in [-0.1, -0.05) is 17.3 Å². The predicted molar refractivity (Wildman–Crippen MR) is 81.8 cm³/mol. The van der Waals surface area contributed by atoms with Crippen molar-refractivity contribution in [3.63, 3.8) is 0 Å². The van der Waals surface area contributed by atoms with Gasteiger partial charge >= 0.3 is 6.18 Å². The number of halogens is 3. The Labute approximate surface area is 135 Å². The molecule has 5 nitrogen and oxygen atoms in total. The molecule has 3 aromatic rings. The SMILES string of the molecule is Cc1cc(C(=O)Cn2nnc3ccccc32)c(C)n1CC(F)(F)F. The zero-order chi connectivity index (χ0) is 17.5. The van der Waals surface area contributed by atoms with Crippen LogP contribution in [0.4, 0.5) is 13.2 Å². The van der Waals surface area contributed by atoms with Gasteiger partial charge in [0.05, 0.1) is 5.52 Å². The number of alkyl halides is 3. The highest BCUT2D eigenvalue weighted by Crippen LogP contribution is 2.23. The summed E-state index contributed by atoms with van der Waals surface area (Å²) in [6.07, 6.45) is -4.34. The second-order valence-electron chi connectivity index (χ2n) is 5.65. The van der Waals surface area contributed by atoms with Gasteiger partial charge in [-0.2, -0.15) is 13.2 Å².